The van der Waals surface area contributed by atoms with Crippen molar-refractivity contribution in [1.29, 1.82) is 0 Å². The van der Waals surface area contributed by atoms with E-state index < -0.39 is 99.2 Å². The monoisotopic (exact) mass is 730 g/mol. The summed E-state index contributed by atoms with van der Waals surface area (Å²) in [6.45, 7) is -5.34. The van der Waals surface area contributed by atoms with Crippen molar-refractivity contribution >= 4 is 77.5 Å². The number of hydrogen-bond donors (Lipinski definition) is 6. The van der Waals surface area contributed by atoms with Crippen LogP contribution in [0.15, 0.2) is 17.6 Å². The molecule has 25 heteroatoms. The third-order valence-corrected chi connectivity index (χ3v) is 11.4. The maximum absolute atomic E-state index is 16.1. The standard InChI is InChI=1S/C20H26F2N10O8P2S3/c21-8-6-1-36-42(44,45)40-12-7(38-18(9(12)22)31-4-27-10-14(23)25-3-26-15(10)31)2-35-41(34,43)39-13(8)19(37-6)32-5-28-11-16(32)29-20(24)30-17(11)33/h3-9,11-13,16,18-20,29H,1-2,24H2,(H,30,33)(H,34,43)(H,44,45)(H2,23,25,26)/t6-,7-,8-,9+,11?,12-,13-,16?,18-,19-,20?,41?/m1/s1. The minimum Gasteiger partial charge on any atom is -0.382 e. The number of carbonyl (C=O) groups excluding carboxylic acids is 1. The summed E-state index contributed by atoms with van der Waals surface area (Å²) in [6.07, 6.45) is -10.1. The van der Waals surface area contributed by atoms with E-state index in [0.717, 1.165) is 0 Å². The number of anilines is 1. The lowest BCUT2D eigenvalue weighted by Gasteiger charge is -2.39. The summed E-state index contributed by atoms with van der Waals surface area (Å²) in [5.74, 6) is -0.382. The molecule has 2 aromatic rings. The number of imidazole rings is 1. The maximum atomic E-state index is 16.1. The zero-order valence-corrected chi connectivity index (χ0v) is 26.9. The number of fused-ring (bicyclic) bond motifs is 5. The van der Waals surface area contributed by atoms with Crippen molar-refractivity contribution < 1.29 is 46.0 Å². The van der Waals surface area contributed by atoms with Crippen LogP contribution in [0.4, 0.5) is 14.6 Å². The average Bonchev–Trinajstić information content (AvgIpc) is 3.72. The third-order valence-electron chi connectivity index (χ3n) is 7.70. The van der Waals surface area contributed by atoms with E-state index in [0.29, 0.717) is 0 Å². The quantitative estimate of drug-likeness (QED) is 0.159. The number of rotatable bonds is 2. The Balaban J connectivity index is 1.16. The van der Waals surface area contributed by atoms with E-state index in [4.69, 9.17) is 62.6 Å². The number of hydrogen-bond acceptors (Lipinski definition) is 17. The van der Waals surface area contributed by atoms with Crippen molar-refractivity contribution in [3.63, 3.8) is 0 Å². The van der Waals surface area contributed by atoms with Crippen molar-refractivity contribution in [2.75, 3.05) is 18.9 Å². The number of carbonyl (C=O) groups is 1. The molecular formula is C20H26F2N10O8P2S3. The van der Waals surface area contributed by atoms with Crippen LogP contribution in [0.1, 0.15) is 6.23 Å². The number of nitrogens with two attached hydrogens (primary N) is 2. The molecule has 45 heavy (non-hydrogen) atoms. The molecule has 246 valence electrons. The molecule has 0 radical (unpaired) electrons. The summed E-state index contributed by atoms with van der Waals surface area (Å²) in [4.78, 5) is 41.2. The van der Waals surface area contributed by atoms with Gasteiger partial charge >= 0.3 is 6.72 Å². The number of amides is 1. The molecule has 18 nitrogen and oxygen atoms in total. The van der Waals surface area contributed by atoms with Crippen LogP contribution < -0.4 is 22.1 Å². The predicted molar refractivity (Wildman–Crippen MR) is 161 cm³/mol. The molecule has 0 spiro atoms. The molecule has 4 fully saturated rings. The highest BCUT2D eigenvalue weighted by molar-refractivity contribution is 8.60. The van der Waals surface area contributed by atoms with Crippen LogP contribution in [0.2, 0.25) is 0 Å². The first-order valence-corrected chi connectivity index (χ1v) is 19.7. The zero-order chi connectivity index (χ0) is 31.8. The molecule has 0 aliphatic carbocycles. The van der Waals surface area contributed by atoms with Gasteiger partial charge in [0.25, 0.3) is 5.91 Å². The van der Waals surface area contributed by atoms with E-state index in [-0.39, 0.29) is 17.0 Å². The normalized spacial score (nSPS) is 45.4. The van der Waals surface area contributed by atoms with Crippen LogP contribution >= 0.6 is 24.7 Å². The number of aromatic nitrogens is 4. The molecule has 13 atom stereocenters. The van der Waals surface area contributed by atoms with E-state index >= 15 is 8.78 Å². The van der Waals surface area contributed by atoms with E-state index in [1.807, 2.05) is 0 Å². The highest BCUT2D eigenvalue weighted by atomic mass is 32.9. The van der Waals surface area contributed by atoms with Gasteiger partial charge < -0.3 is 43.9 Å². The maximum Gasteiger partial charge on any atom is 0.325 e. The van der Waals surface area contributed by atoms with Gasteiger partial charge in [0.1, 0.15) is 48.7 Å². The van der Waals surface area contributed by atoms with Crippen molar-refractivity contribution in [2.45, 2.75) is 67.7 Å². The van der Waals surface area contributed by atoms with Gasteiger partial charge in [-0.3, -0.25) is 29.9 Å². The Kier molecular flexibility index (Phi) is 8.43. The smallest absolute Gasteiger partial charge is 0.325 e. The Bertz CT molecular complexity index is 1630. The summed E-state index contributed by atoms with van der Waals surface area (Å²) in [5, 5.41) is 5.44. The molecular weight excluding hydrogens is 704 g/mol. The van der Waals surface area contributed by atoms with E-state index in [9.17, 15) is 9.69 Å². The SMILES string of the molecule is Nc1ncnc2c1ncn2[C@@H]1O[C@@H]2COP(O)(=S)O[C@@H]3[C@H](F)[C@@H](COP(=S)(S)O[C@H]2[C@@H]1F)O[C@H]3N1C=NC2C(=O)NC(N)NC21. The number of halogens is 2. The van der Waals surface area contributed by atoms with Crippen molar-refractivity contribution in [3.8, 4) is 0 Å². The fourth-order valence-corrected chi connectivity index (χ4v) is 9.03. The lowest BCUT2D eigenvalue weighted by molar-refractivity contribution is -0.130. The van der Waals surface area contributed by atoms with Crippen molar-refractivity contribution in [3.05, 3.63) is 12.7 Å². The molecule has 7 heterocycles. The molecule has 5 unspecified atom stereocenters. The minimum absolute atomic E-state index is 0.0779. The molecule has 2 bridgehead atoms. The second-order valence-corrected chi connectivity index (χ2v) is 18.6. The third kappa shape index (κ3) is 5.90. The van der Waals surface area contributed by atoms with Crippen LogP contribution in [0, 0.1) is 0 Å². The molecule has 4 saturated heterocycles. The Labute approximate surface area is 268 Å². The van der Waals surface area contributed by atoms with Crippen LogP contribution in [0.25, 0.3) is 11.2 Å². The van der Waals surface area contributed by atoms with Crippen molar-refractivity contribution in [1.82, 2.24) is 35.1 Å². The van der Waals surface area contributed by atoms with E-state index in [1.54, 1.807) is 0 Å². The number of thiol groups is 1. The lowest BCUT2D eigenvalue weighted by atomic mass is 10.1. The first kappa shape index (κ1) is 32.0. The Morgan fingerprint density at radius 1 is 1.07 bits per heavy atom. The van der Waals surface area contributed by atoms with Gasteiger partial charge in [-0.2, -0.15) is 0 Å². The summed E-state index contributed by atoms with van der Waals surface area (Å²) < 4.78 is 68.0. The summed E-state index contributed by atoms with van der Waals surface area (Å²) in [7, 11) is 0. The fraction of sp³-hybridized carbons (Fsp3) is 0.650. The van der Waals surface area contributed by atoms with Gasteiger partial charge in [-0.1, -0.05) is 12.2 Å². The van der Waals surface area contributed by atoms with E-state index in [1.165, 1.54) is 28.5 Å². The van der Waals surface area contributed by atoms with Gasteiger partial charge in [0, 0.05) is 0 Å². The number of ether oxygens (including phenoxy) is 2. The number of nitrogen functional groups attached to an aromatic ring is 1. The van der Waals surface area contributed by atoms with Crippen LogP contribution in [-0.4, -0.2) is 116 Å². The van der Waals surface area contributed by atoms with Gasteiger partial charge in [-0.15, -0.1) is 0 Å². The molecule has 5 aliphatic rings. The number of nitrogens with one attached hydrogen (secondary N) is 2. The van der Waals surface area contributed by atoms with Crippen LogP contribution in [0.5, 0.6) is 0 Å². The predicted octanol–water partition coefficient (Wildman–Crippen LogP) is -1.10. The molecule has 2 aromatic heterocycles. The first-order chi connectivity index (χ1) is 21.3. The topological polar surface area (TPSA) is 228 Å². The Morgan fingerprint density at radius 3 is 2.62 bits per heavy atom. The molecule has 0 aromatic carbocycles. The van der Waals surface area contributed by atoms with Crippen LogP contribution in [-0.2, 0) is 56.0 Å². The Morgan fingerprint density at radius 2 is 1.82 bits per heavy atom. The largest absolute Gasteiger partial charge is 0.382 e. The van der Waals surface area contributed by atoms with Gasteiger partial charge in [0.05, 0.1) is 25.9 Å². The second-order valence-electron chi connectivity index (χ2n) is 10.5. The minimum atomic E-state index is -4.27. The van der Waals surface area contributed by atoms with Crippen LogP contribution in [0.3, 0.4) is 0 Å². The molecule has 1 amide bonds. The summed E-state index contributed by atoms with van der Waals surface area (Å²) in [6, 6.07) is -0.924. The number of nitrogens with zero attached hydrogens (tertiary/aromatic N) is 6. The molecule has 7 rings (SSSR count). The van der Waals surface area contributed by atoms with Gasteiger partial charge in [-0.25, -0.2) is 23.7 Å². The average molecular weight is 731 g/mol. The molecule has 5 aliphatic heterocycles. The van der Waals surface area contributed by atoms with Gasteiger partial charge in [0.2, 0.25) is 5.69 Å². The Hall–Kier alpha value is -1.56. The zero-order valence-electron chi connectivity index (χ0n) is 22.6. The molecule has 7 N–H and O–H groups in total. The number of aliphatic imine (C=N–C) groups is 1. The second kappa shape index (κ2) is 11.8. The van der Waals surface area contributed by atoms with E-state index in [2.05, 4.69) is 42.8 Å². The van der Waals surface area contributed by atoms with Gasteiger partial charge in [-0.05, 0) is 23.6 Å². The highest BCUT2D eigenvalue weighted by Crippen LogP contribution is 2.58. The highest BCUT2D eigenvalue weighted by Gasteiger charge is 2.56. The fourth-order valence-electron chi connectivity index (χ4n) is 5.66. The lowest BCUT2D eigenvalue weighted by Crippen LogP contribution is -2.70. The van der Waals surface area contributed by atoms with Crippen molar-refractivity contribution in [2.24, 2.45) is 10.7 Å². The molecule has 0 saturated carbocycles. The first-order valence-electron chi connectivity index (χ1n) is 13.3. The number of alkyl halides is 2. The van der Waals surface area contributed by atoms with Gasteiger partial charge in [0.15, 0.2) is 42.3 Å². The summed E-state index contributed by atoms with van der Waals surface area (Å²) in [5.41, 5.74) is 8.55. The summed E-state index contributed by atoms with van der Waals surface area (Å²) >= 11 is 15.0.